The van der Waals surface area contributed by atoms with E-state index in [-0.39, 0.29) is 11.5 Å². The topological polar surface area (TPSA) is 20.2 Å². The van der Waals surface area contributed by atoms with Crippen molar-refractivity contribution in [2.75, 3.05) is 0 Å². The van der Waals surface area contributed by atoms with E-state index in [0.717, 1.165) is 31.7 Å². The van der Waals surface area contributed by atoms with E-state index in [9.17, 15) is 18.3 Å². The molecule has 0 heterocycles. The number of hydrogen-bond donors (Lipinski definition) is 1. The second-order valence-corrected chi connectivity index (χ2v) is 5.25. The van der Waals surface area contributed by atoms with Gasteiger partial charge in [-0.05, 0) is 24.0 Å². The Kier molecular flexibility index (Phi) is 6.53. The second kappa shape index (κ2) is 7.67. The van der Waals surface area contributed by atoms with E-state index in [1.54, 1.807) is 6.07 Å². The zero-order valence-corrected chi connectivity index (χ0v) is 12.1. The van der Waals surface area contributed by atoms with Gasteiger partial charge in [0.1, 0.15) is 0 Å². The van der Waals surface area contributed by atoms with Crippen molar-refractivity contribution < 1.29 is 18.3 Å². The zero-order valence-electron chi connectivity index (χ0n) is 12.1. The van der Waals surface area contributed by atoms with Gasteiger partial charge in [-0.15, -0.1) is 0 Å². The number of hydrogen-bond acceptors (Lipinski definition) is 1. The Morgan fingerprint density at radius 2 is 1.80 bits per heavy atom. The van der Waals surface area contributed by atoms with Gasteiger partial charge in [0.15, 0.2) is 0 Å². The van der Waals surface area contributed by atoms with Gasteiger partial charge < -0.3 is 5.11 Å². The van der Waals surface area contributed by atoms with Gasteiger partial charge in [-0.2, -0.15) is 13.2 Å². The normalized spacial score (nSPS) is 15.1. The van der Waals surface area contributed by atoms with E-state index < -0.39 is 17.8 Å². The number of benzene rings is 1. The molecule has 1 aromatic carbocycles. The Hall–Kier alpha value is -1.03. The Morgan fingerprint density at radius 1 is 1.15 bits per heavy atom. The molecule has 0 fully saturated rings. The van der Waals surface area contributed by atoms with Gasteiger partial charge in [-0.3, -0.25) is 0 Å². The van der Waals surface area contributed by atoms with Crippen LogP contribution in [0.5, 0.6) is 0 Å². The molecule has 0 aromatic heterocycles. The van der Waals surface area contributed by atoms with E-state index in [4.69, 9.17) is 0 Å². The van der Waals surface area contributed by atoms with Crippen LogP contribution in [-0.2, 0) is 6.18 Å². The summed E-state index contributed by atoms with van der Waals surface area (Å²) in [6.07, 6.45) is -1.12. The monoisotopic (exact) mass is 288 g/mol. The highest BCUT2D eigenvalue weighted by molar-refractivity contribution is 5.31. The third-order valence-electron chi connectivity index (χ3n) is 3.73. The summed E-state index contributed by atoms with van der Waals surface area (Å²) in [6, 6.07) is 5.31. The van der Waals surface area contributed by atoms with Gasteiger partial charge >= 0.3 is 6.18 Å². The first-order valence-electron chi connectivity index (χ1n) is 7.24. The minimum absolute atomic E-state index is 0.00468. The first-order chi connectivity index (χ1) is 9.40. The van der Waals surface area contributed by atoms with Crippen molar-refractivity contribution in [3.63, 3.8) is 0 Å². The molecule has 1 nitrogen and oxygen atoms in total. The van der Waals surface area contributed by atoms with E-state index in [1.807, 2.05) is 6.92 Å². The summed E-state index contributed by atoms with van der Waals surface area (Å²) in [5.41, 5.74) is -0.729. The van der Waals surface area contributed by atoms with Crippen molar-refractivity contribution in [2.45, 2.75) is 58.2 Å². The van der Waals surface area contributed by atoms with Crippen LogP contribution in [0.1, 0.15) is 63.2 Å². The molecule has 0 bridgehead atoms. The fraction of sp³-hybridized carbons (Fsp3) is 0.625. The molecule has 0 spiro atoms. The fourth-order valence-corrected chi connectivity index (χ4v) is 2.47. The number of halogens is 3. The largest absolute Gasteiger partial charge is 0.416 e. The maximum Gasteiger partial charge on any atom is 0.416 e. The lowest BCUT2D eigenvalue weighted by atomic mass is 9.89. The lowest BCUT2D eigenvalue weighted by molar-refractivity contribution is -0.139. The maximum atomic E-state index is 12.9. The third kappa shape index (κ3) is 4.82. The molecule has 2 unspecified atom stereocenters. The molecule has 0 radical (unpaired) electrons. The molecule has 2 atom stereocenters. The standard InChI is InChI=1S/C16H23F3O/c1-3-5-8-12(4-2)11-15(20)13-9-6-7-10-14(13)16(17,18)19/h6-7,9-10,12,15,20H,3-5,8,11H2,1-2H3. The van der Waals surface area contributed by atoms with Crippen molar-refractivity contribution in [2.24, 2.45) is 5.92 Å². The summed E-state index contributed by atoms with van der Waals surface area (Å²) in [7, 11) is 0. The lowest BCUT2D eigenvalue weighted by Crippen LogP contribution is -2.14. The molecule has 1 rings (SSSR count). The highest BCUT2D eigenvalue weighted by Crippen LogP contribution is 2.37. The van der Waals surface area contributed by atoms with Crippen LogP contribution in [0.2, 0.25) is 0 Å². The summed E-state index contributed by atoms with van der Waals surface area (Å²) in [4.78, 5) is 0. The quantitative estimate of drug-likeness (QED) is 0.717. The highest BCUT2D eigenvalue weighted by Gasteiger charge is 2.34. The lowest BCUT2D eigenvalue weighted by Gasteiger charge is -2.22. The second-order valence-electron chi connectivity index (χ2n) is 5.25. The van der Waals surface area contributed by atoms with Gasteiger partial charge in [0, 0.05) is 0 Å². The average molecular weight is 288 g/mol. The Bertz CT molecular complexity index is 401. The van der Waals surface area contributed by atoms with Gasteiger partial charge in [0.25, 0.3) is 0 Å². The third-order valence-corrected chi connectivity index (χ3v) is 3.73. The van der Waals surface area contributed by atoms with Crippen LogP contribution in [0, 0.1) is 5.92 Å². The van der Waals surface area contributed by atoms with Crippen molar-refractivity contribution >= 4 is 0 Å². The van der Waals surface area contributed by atoms with Crippen LogP contribution in [0.15, 0.2) is 24.3 Å². The highest BCUT2D eigenvalue weighted by atomic mass is 19.4. The minimum Gasteiger partial charge on any atom is -0.388 e. The van der Waals surface area contributed by atoms with Gasteiger partial charge in [0.05, 0.1) is 11.7 Å². The van der Waals surface area contributed by atoms with Crippen LogP contribution >= 0.6 is 0 Å². The fourth-order valence-electron chi connectivity index (χ4n) is 2.47. The zero-order chi connectivity index (χ0) is 15.2. The molecular weight excluding hydrogens is 265 g/mol. The predicted molar refractivity (Wildman–Crippen MR) is 74.3 cm³/mol. The number of aliphatic hydroxyl groups excluding tert-OH is 1. The molecule has 0 saturated heterocycles. The molecule has 4 heteroatoms. The summed E-state index contributed by atoms with van der Waals surface area (Å²) < 4.78 is 38.8. The van der Waals surface area contributed by atoms with Gasteiger partial charge in [-0.25, -0.2) is 0 Å². The van der Waals surface area contributed by atoms with Crippen molar-refractivity contribution in [1.82, 2.24) is 0 Å². The first kappa shape index (κ1) is 17.0. The van der Waals surface area contributed by atoms with Crippen molar-refractivity contribution in [1.29, 1.82) is 0 Å². The molecule has 0 amide bonds. The number of rotatable bonds is 7. The molecule has 1 aromatic rings. The number of alkyl halides is 3. The molecular formula is C16H23F3O. The van der Waals surface area contributed by atoms with E-state index in [1.165, 1.54) is 12.1 Å². The summed E-state index contributed by atoms with van der Waals surface area (Å²) in [5, 5.41) is 10.2. The Morgan fingerprint density at radius 3 is 2.35 bits per heavy atom. The average Bonchev–Trinajstić information content (AvgIpc) is 2.42. The van der Waals surface area contributed by atoms with Gasteiger partial charge in [-0.1, -0.05) is 57.7 Å². The molecule has 0 aliphatic heterocycles. The molecule has 0 aliphatic carbocycles. The van der Waals surface area contributed by atoms with Crippen LogP contribution in [0.3, 0.4) is 0 Å². The van der Waals surface area contributed by atoms with Crippen LogP contribution in [-0.4, -0.2) is 5.11 Å². The van der Waals surface area contributed by atoms with Crippen LogP contribution in [0.25, 0.3) is 0 Å². The van der Waals surface area contributed by atoms with E-state index in [0.29, 0.717) is 6.42 Å². The molecule has 20 heavy (non-hydrogen) atoms. The summed E-state index contributed by atoms with van der Waals surface area (Å²) >= 11 is 0. The Labute approximate surface area is 118 Å². The molecule has 0 saturated carbocycles. The molecule has 1 N–H and O–H groups in total. The summed E-state index contributed by atoms with van der Waals surface area (Å²) in [6.45, 7) is 4.10. The first-order valence-corrected chi connectivity index (χ1v) is 7.24. The number of aliphatic hydroxyl groups is 1. The van der Waals surface area contributed by atoms with Crippen molar-refractivity contribution in [3.05, 3.63) is 35.4 Å². The van der Waals surface area contributed by atoms with Crippen molar-refractivity contribution in [3.8, 4) is 0 Å². The molecule has 114 valence electrons. The van der Waals surface area contributed by atoms with E-state index >= 15 is 0 Å². The van der Waals surface area contributed by atoms with E-state index in [2.05, 4.69) is 6.92 Å². The summed E-state index contributed by atoms with van der Waals surface area (Å²) in [5.74, 6) is 0.270. The Balaban J connectivity index is 2.84. The van der Waals surface area contributed by atoms with Gasteiger partial charge in [0.2, 0.25) is 0 Å². The van der Waals surface area contributed by atoms with Crippen LogP contribution < -0.4 is 0 Å². The maximum absolute atomic E-state index is 12.9. The SMILES string of the molecule is CCCCC(CC)CC(O)c1ccccc1C(F)(F)F. The van der Waals surface area contributed by atoms with Crippen LogP contribution in [0.4, 0.5) is 13.2 Å². The number of unbranched alkanes of at least 4 members (excludes halogenated alkanes) is 1. The predicted octanol–water partition coefficient (Wildman–Crippen LogP) is 5.35. The smallest absolute Gasteiger partial charge is 0.388 e. The molecule has 0 aliphatic rings. The minimum atomic E-state index is -4.41.